The molecule has 0 aromatic carbocycles. The summed E-state index contributed by atoms with van der Waals surface area (Å²) in [5.41, 5.74) is 0. The van der Waals surface area contributed by atoms with Crippen LogP contribution in [0.3, 0.4) is 0 Å². The van der Waals surface area contributed by atoms with Gasteiger partial charge >= 0.3 is 0 Å². The Hall–Kier alpha value is -0.160. The lowest BCUT2D eigenvalue weighted by Gasteiger charge is -2.41. The van der Waals surface area contributed by atoms with Crippen LogP contribution in [0.1, 0.15) is 20.3 Å². The van der Waals surface area contributed by atoms with Gasteiger partial charge in [0.05, 0.1) is 6.61 Å². The molecule has 2 unspecified atom stereocenters. The van der Waals surface area contributed by atoms with Crippen molar-refractivity contribution in [3.8, 4) is 0 Å². The number of nitrogens with zero attached hydrogens (tertiary/aromatic N) is 2. The van der Waals surface area contributed by atoms with Crippen molar-refractivity contribution < 1.29 is 5.11 Å². The van der Waals surface area contributed by atoms with Gasteiger partial charge in [-0.1, -0.05) is 13.8 Å². The molecule has 1 heterocycles. The van der Waals surface area contributed by atoms with Gasteiger partial charge in [0.2, 0.25) is 0 Å². The monoisotopic (exact) mass is 243 g/mol. The first-order valence-corrected chi connectivity index (χ1v) is 6.77. The summed E-state index contributed by atoms with van der Waals surface area (Å²) >= 11 is 0. The molecule has 1 saturated heterocycles. The number of aliphatic hydroxyl groups excluding tert-OH is 1. The summed E-state index contributed by atoms with van der Waals surface area (Å²) in [5.74, 6) is 0.658. The van der Waals surface area contributed by atoms with Crippen molar-refractivity contribution >= 4 is 0 Å². The highest BCUT2D eigenvalue weighted by atomic mass is 16.3. The van der Waals surface area contributed by atoms with Gasteiger partial charge in [-0.2, -0.15) is 0 Å². The molecule has 1 fully saturated rings. The van der Waals surface area contributed by atoms with Crippen LogP contribution in [0.5, 0.6) is 0 Å². The molecule has 0 aromatic rings. The molecule has 0 spiro atoms. The van der Waals surface area contributed by atoms with Crippen molar-refractivity contribution in [1.82, 2.24) is 15.1 Å². The van der Waals surface area contributed by atoms with E-state index in [2.05, 4.69) is 43.1 Å². The summed E-state index contributed by atoms with van der Waals surface area (Å²) in [4.78, 5) is 4.67. The molecule has 4 heteroatoms. The van der Waals surface area contributed by atoms with E-state index in [1.165, 1.54) is 6.42 Å². The molecule has 1 aliphatic rings. The standard InChI is InChI=1S/C13H29N3O/c1-11(2)13-9-16(7-5-6-15(3)4)12(10-17)8-14-13/h11-14,17H,5-10H2,1-4H3. The predicted molar refractivity (Wildman–Crippen MR) is 72.2 cm³/mol. The van der Waals surface area contributed by atoms with E-state index in [0.717, 1.165) is 26.2 Å². The second kappa shape index (κ2) is 7.31. The molecular formula is C13H29N3O. The minimum Gasteiger partial charge on any atom is -0.395 e. The average molecular weight is 243 g/mol. The maximum atomic E-state index is 9.40. The first kappa shape index (κ1) is 14.9. The molecule has 17 heavy (non-hydrogen) atoms. The first-order chi connectivity index (χ1) is 8.04. The van der Waals surface area contributed by atoms with E-state index in [4.69, 9.17) is 0 Å². The van der Waals surface area contributed by atoms with Gasteiger partial charge in [-0.3, -0.25) is 4.90 Å². The lowest BCUT2D eigenvalue weighted by atomic mass is 9.99. The summed E-state index contributed by atoms with van der Waals surface area (Å²) in [5, 5.41) is 12.9. The number of hydrogen-bond donors (Lipinski definition) is 2. The molecule has 1 rings (SSSR count). The molecule has 0 aliphatic carbocycles. The highest BCUT2D eigenvalue weighted by Gasteiger charge is 2.28. The van der Waals surface area contributed by atoms with Gasteiger partial charge in [-0.05, 0) is 39.5 Å². The predicted octanol–water partition coefficient (Wildman–Crippen LogP) is 0.229. The Morgan fingerprint density at radius 3 is 2.65 bits per heavy atom. The van der Waals surface area contributed by atoms with Gasteiger partial charge in [-0.15, -0.1) is 0 Å². The molecule has 0 bridgehead atoms. The fourth-order valence-electron chi connectivity index (χ4n) is 2.37. The second-order valence-electron chi connectivity index (χ2n) is 5.75. The van der Waals surface area contributed by atoms with E-state index in [1.807, 2.05) is 0 Å². The van der Waals surface area contributed by atoms with E-state index < -0.39 is 0 Å². The molecule has 4 nitrogen and oxygen atoms in total. The van der Waals surface area contributed by atoms with Crippen molar-refractivity contribution in [2.24, 2.45) is 5.92 Å². The Bertz CT molecular complexity index is 209. The number of hydrogen-bond acceptors (Lipinski definition) is 4. The summed E-state index contributed by atoms with van der Waals surface area (Å²) < 4.78 is 0. The molecule has 2 N–H and O–H groups in total. The summed E-state index contributed by atoms with van der Waals surface area (Å²) in [7, 11) is 4.22. The largest absolute Gasteiger partial charge is 0.395 e. The Morgan fingerprint density at radius 2 is 2.12 bits per heavy atom. The van der Waals surface area contributed by atoms with Crippen LogP contribution in [0.4, 0.5) is 0 Å². The zero-order chi connectivity index (χ0) is 12.8. The summed E-state index contributed by atoms with van der Waals surface area (Å²) in [6, 6.07) is 0.865. The number of rotatable bonds is 6. The van der Waals surface area contributed by atoms with E-state index in [0.29, 0.717) is 18.0 Å². The van der Waals surface area contributed by atoms with Crippen LogP contribution in [0, 0.1) is 5.92 Å². The van der Waals surface area contributed by atoms with Gasteiger partial charge < -0.3 is 15.3 Å². The number of aliphatic hydroxyl groups is 1. The smallest absolute Gasteiger partial charge is 0.0599 e. The first-order valence-electron chi connectivity index (χ1n) is 6.77. The van der Waals surface area contributed by atoms with E-state index in [1.54, 1.807) is 0 Å². The summed E-state index contributed by atoms with van der Waals surface area (Å²) in [6.07, 6.45) is 1.17. The number of nitrogens with one attached hydrogen (secondary N) is 1. The molecular weight excluding hydrogens is 214 g/mol. The third kappa shape index (κ3) is 4.92. The lowest BCUT2D eigenvalue weighted by molar-refractivity contribution is 0.0680. The minimum absolute atomic E-state index is 0.264. The van der Waals surface area contributed by atoms with E-state index >= 15 is 0 Å². The van der Waals surface area contributed by atoms with E-state index in [-0.39, 0.29) is 6.61 Å². The van der Waals surface area contributed by atoms with Crippen LogP contribution < -0.4 is 5.32 Å². The fourth-order valence-corrected chi connectivity index (χ4v) is 2.37. The maximum absolute atomic E-state index is 9.40. The molecule has 1 aliphatic heterocycles. The van der Waals surface area contributed by atoms with Gasteiger partial charge in [-0.25, -0.2) is 0 Å². The quantitative estimate of drug-likeness (QED) is 0.700. The molecule has 0 aromatic heterocycles. The van der Waals surface area contributed by atoms with Gasteiger partial charge in [0.15, 0.2) is 0 Å². The van der Waals surface area contributed by atoms with Crippen LogP contribution in [0.15, 0.2) is 0 Å². The zero-order valence-electron chi connectivity index (χ0n) is 11.8. The van der Waals surface area contributed by atoms with Crippen molar-refractivity contribution in [3.63, 3.8) is 0 Å². The fraction of sp³-hybridized carbons (Fsp3) is 1.00. The normalized spacial score (nSPS) is 27.0. The minimum atomic E-state index is 0.264. The van der Waals surface area contributed by atoms with Gasteiger partial charge in [0.1, 0.15) is 0 Å². The van der Waals surface area contributed by atoms with Crippen LogP contribution in [-0.4, -0.2) is 73.9 Å². The Balaban J connectivity index is 2.40. The molecule has 0 saturated carbocycles. The third-order valence-electron chi connectivity index (χ3n) is 3.63. The van der Waals surface area contributed by atoms with Crippen LogP contribution in [-0.2, 0) is 0 Å². The molecule has 0 radical (unpaired) electrons. The lowest BCUT2D eigenvalue weighted by Crippen LogP contribution is -2.59. The highest BCUT2D eigenvalue weighted by molar-refractivity contribution is 4.87. The van der Waals surface area contributed by atoms with Crippen molar-refractivity contribution in [2.75, 3.05) is 46.9 Å². The molecule has 102 valence electrons. The van der Waals surface area contributed by atoms with Crippen molar-refractivity contribution in [3.05, 3.63) is 0 Å². The maximum Gasteiger partial charge on any atom is 0.0599 e. The van der Waals surface area contributed by atoms with Crippen LogP contribution in [0.25, 0.3) is 0 Å². The SMILES string of the molecule is CC(C)C1CN(CCCN(C)C)C(CO)CN1. The second-order valence-corrected chi connectivity index (χ2v) is 5.75. The van der Waals surface area contributed by atoms with Gasteiger partial charge in [0.25, 0.3) is 0 Å². The highest BCUT2D eigenvalue weighted by Crippen LogP contribution is 2.13. The molecule has 2 atom stereocenters. The van der Waals surface area contributed by atoms with Crippen molar-refractivity contribution in [1.29, 1.82) is 0 Å². The number of piperazine rings is 1. The summed E-state index contributed by atoms with van der Waals surface area (Å²) in [6.45, 7) is 8.98. The van der Waals surface area contributed by atoms with E-state index in [9.17, 15) is 5.11 Å². The molecule has 0 amide bonds. The Kier molecular flexibility index (Phi) is 6.41. The van der Waals surface area contributed by atoms with Crippen LogP contribution >= 0.6 is 0 Å². The average Bonchev–Trinajstić information content (AvgIpc) is 2.28. The zero-order valence-corrected chi connectivity index (χ0v) is 11.8. The Labute approximate surface area is 106 Å². The van der Waals surface area contributed by atoms with Crippen LogP contribution in [0.2, 0.25) is 0 Å². The van der Waals surface area contributed by atoms with Crippen molar-refractivity contribution in [2.45, 2.75) is 32.4 Å². The third-order valence-corrected chi connectivity index (χ3v) is 3.63. The topological polar surface area (TPSA) is 38.7 Å². The van der Waals surface area contributed by atoms with Gasteiger partial charge in [0, 0.05) is 25.2 Å². The Morgan fingerprint density at radius 1 is 1.41 bits per heavy atom.